The van der Waals surface area contributed by atoms with E-state index in [9.17, 15) is 14.4 Å². The van der Waals surface area contributed by atoms with E-state index in [1.54, 1.807) is 0 Å². The van der Waals surface area contributed by atoms with Gasteiger partial charge in [-0.05, 0) is 101 Å². The van der Waals surface area contributed by atoms with Crippen LogP contribution < -0.4 is 0 Å². The topological polar surface area (TPSA) is 166 Å². The lowest BCUT2D eigenvalue weighted by atomic mass is 10.0. The second-order valence-corrected chi connectivity index (χ2v) is 41.7. The van der Waals surface area contributed by atoms with Crippen LogP contribution in [0.3, 0.4) is 0 Å². The van der Waals surface area contributed by atoms with Gasteiger partial charge in [0.25, 0.3) is 0 Å². The maximum atomic E-state index is 13.9. The van der Waals surface area contributed by atoms with Gasteiger partial charge in [0.2, 0.25) is 0 Å². The Kier molecular flexibility index (Phi) is 17.1. The molecule has 0 aromatic heterocycles. The molecule has 7 aliphatic carbocycles. The molecule has 7 saturated carbocycles. The first-order valence-electron chi connectivity index (χ1n) is 25.9. The van der Waals surface area contributed by atoms with Crippen molar-refractivity contribution in [3.05, 3.63) is 0 Å². The van der Waals surface area contributed by atoms with E-state index in [1.807, 2.05) is 0 Å². The molecule has 19 heteroatoms. The number of fused-ring (bicyclic) bond motifs is 2. The molecule has 2 bridgehead atoms. The van der Waals surface area contributed by atoms with Crippen molar-refractivity contribution in [2.24, 2.45) is 0 Å². The van der Waals surface area contributed by atoms with Crippen LogP contribution in [0.25, 0.3) is 0 Å². The van der Waals surface area contributed by atoms with E-state index in [1.165, 1.54) is 19.3 Å². The molecule has 352 valence electrons. The third kappa shape index (κ3) is 10.8. The molecule has 5 N–H and O–H groups in total. The van der Waals surface area contributed by atoms with Crippen LogP contribution in [0.15, 0.2) is 0 Å². The van der Waals surface area contributed by atoms with Gasteiger partial charge < -0.3 is 52.8 Å². The van der Waals surface area contributed by atoms with Crippen LogP contribution in [0.1, 0.15) is 225 Å². The largest absolute Gasteiger partial charge is 0.486 e. The number of hydrogen-bond acceptors (Lipinski definition) is 11. The Bertz CT molecular complexity index is 1360. The molecule has 12 nitrogen and oxygen atoms in total. The van der Waals surface area contributed by atoms with Crippen molar-refractivity contribution in [1.29, 1.82) is 0 Å². The maximum Gasteiger partial charge on any atom is 0.486 e. The van der Waals surface area contributed by atoms with E-state index in [2.05, 4.69) is 0 Å². The average Bonchev–Trinajstić information content (AvgIpc) is 3.29. The summed E-state index contributed by atoms with van der Waals surface area (Å²) in [4.78, 5) is 40.1. The van der Waals surface area contributed by atoms with Crippen LogP contribution in [-0.2, 0) is 32.9 Å². The SMILES string of the molecule is O.O[SiH](O[Si]1(C2CCCCC2)O[Si](O)(C2CCCCC2)O[Si]2(C3CCCCC3)O[Si](C3CCCCC3)(O[SiH](C3CCCCC3)O[Si@@](O)(C3CCCCC3)O2)O1)C1CCCCC1. The minimum Gasteiger partial charge on any atom is -0.413 e. The predicted octanol–water partition coefficient (Wildman–Crippen LogP) is 9.77. The molecule has 0 aromatic rings. The molecule has 9 aliphatic rings. The highest BCUT2D eigenvalue weighted by Crippen LogP contribution is 2.57. The smallest absolute Gasteiger partial charge is 0.413 e. The van der Waals surface area contributed by atoms with Crippen LogP contribution in [0.5, 0.6) is 0 Å². The lowest BCUT2D eigenvalue weighted by Gasteiger charge is -2.59. The molecule has 9 fully saturated rings. The predicted molar refractivity (Wildman–Crippen MR) is 250 cm³/mol. The molecule has 2 heterocycles. The van der Waals surface area contributed by atoms with Crippen molar-refractivity contribution in [2.45, 2.75) is 264 Å². The van der Waals surface area contributed by atoms with E-state index in [-0.39, 0.29) is 44.3 Å². The third-order valence-corrected chi connectivity index (χ3v) is 46.1. The van der Waals surface area contributed by atoms with Gasteiger partial charge in [0.1, 0.15) is 0 Å². The van der Waals surface area contributed by atoms with Gasteiger partial charge in [0.05, 0.1) is 0 Å². The molecule has 2 aliphatic heterocycles. The first kappa shape index (κ1) is 48.5. The van der Waals surface area contributed by atoms with Gasteiger partial charge in [0, 0.05) is 27.7 Å². The lowest BCUT2D eigenvalue weighted by Crippen LogP contribution is -2.80. The van der Waals surface area contributed by atoms with Crippen molar-refractivity contribution in [3.8, 4) is 0 Å². The fraction of sp³-hybridized carbons (Fsp3) is 1.00. The van der Waals surface area contributed by atoms with E-state index in [4.69, 9.17) is 32.9 Å². The van der Waals surface area contributed by atoms with E-state index in [0.717, 1.165) is 205 Å². The number of rotatable bonds is 9. The van der Waals surface area contributed by atoms with Crippen molar-refractivity contribution in [3.63, 3.8) is 0 Å². The normalized spacial score (nSPS) is 41.5. The summed E-state index contributed by atoms with van der Waals surface area (Å²) < 4.78 is 63.1. The molecule has 7 atom stereocenters. The summed E-state index contributed by atoms with van der Waals surface area (Å²) in [7, 11) is -26.1. The zero-order valence-corrected chi connectivity index (χ0v) is 44.9. The van der Waals surface area contributed by atoms with Gasteiger partial charge in [-0.15, -0.1) is 0 Å². The van der Waals surface area contributed by atoms with Crippen LogP contribution in [0.2, 0.25) is 38.8 Å². The summed E-state index contributed by atoms with van der Waals surface area (Å²) in [5.74, 6) is 0. The molecule has 6 unspecified atom stereocenters. The zero-order chi connectivity index (χ0) is 41.1. The van der Waals surface area contributed by atoms with E-state index >= 15 is 0 Å². The van der Waals surface area contributed by atoms with E-state index in [0.29, 0.717) is 0 Å². The Labute approximate surface area is 377 Å². The maximum absolute atomic E-state index is 13.9. The third-order valence-electron chi connectivity index (χ3n) is 16.9. The first-order chi connectivity index (χ1) is 29.2. The molecule has 0 aromatic carbocycles. The molecule has 0 radical (unpaired) electrons. The second-order valence-electron chi connectivity index (χ2n) is 21.2. The Morgan fingerprint density at radius 1 is 0.393 bits per heavy atom. The highest BCUT2D eigenvalue weighted by atomic mass is 28.6. The highest BCUT2D eigenvalue weighted by Gasteiger charge is 2.77. The Hall–Kier alpha value is 1.04. The molecule has 9 rings (SSSR count). The van der Waals surface area contributed by atoms with Crippen LogP contribution in [0, 0.1) is 0 Å². The van der Waals surface area contributed by atoms with Gasteiger partial charge in [-0.2, -0.15) is 0 Å². The fourth-order valence-electron chi connectivity index (χ4n) is 13.3. The second kappa shape index (κ2) is 21.6. The molecule has 0 amide bonds. The standard InChI is InChI=1S/C42H82O11Si7.H2O/c43-54(36-22-8-1-9-23-36)46-58(40-30-16-5-17-31-40)50-57(45,39-28-14-4-15-29-39)51-60(42-34-20-7-21-35-42)49-56(44,38-26-12-3-13-27-38)47-55(37-24-10-2-11-25-37)48-59(52-58,53-60)41-32-18-6-19-33-41;/h36-45,54-55H,1-35H2;1H2/t54?,55?,56-,57?,58?,59?,60?;/m0./s1. The van der Waals surface area contributed by atoms with E-state index < -0.39 is 62.6 Å². The highest BCUT2D eigenvalue weighted by molar-refractivity contribution is 6.95. The minimum absolute atomic E-state index is 0. The van der Waals surface area contributed by atoms with Gasteiger partial charge in [-0.25, -0.2) is 0 Å². The van der Waals surface area contributed by atoms with Gasteiger partial charge in [0.15, 0.2) is 0 Å². The van der Waals surface area contributed by atoms with Crippen LogP contribution >= 0.6 is 0 Å². The Morgan fingerprint density at radius 2 is 0.787 bits per heavy atom. The Balaban J connectivity index is 0.00000514. The molecule has 0 spiro atoms. The molecule has 2 saturated heterocycles. The quantitative estimate of drug-likeness (QED) is 0.188. The summed E-state index contributed by atoms with van der Waals surface area (Å²) in [6.07, 6.45) is 35.9. The summed E-state index contributed by atoms with van der Waals surface area (Å²) in [5, 5.41) is 0. The fourth-order valence-corrected chi connectivity index (χ4v) is 51.3. The van der Waals surface area contributed by atoms with Crippen LogP contribution in [0.4, 0.5) is 0 Å². The van der Waals surface area contributed by atoms with Crippen molar-refractivity contribution < 1.29 is 52.8 Å². The lowest BCUT2D eigenvalue weighted by molar-refractivity contribution is 0.0215. The monoisotopic (exact) mass is 976 g/mol. The van der Waals surface area contributed by atoms with Gasteiger partial charge in [-0.1, -0.05) is 135 Å². The summed E-state index contributed by atoms with van der Waals surface area (Å²) >= 11 is 0. The van der Waals surface area contributed by atoms with Crippen molar-refractivity contribution in [1.82, 2.24) is 0 Å². The van der Waals surface area contributed by atoms with Gasteiger partial charge >= 0.3 is 62.6 Å². The summed E-state index contributed by atoms with van der Waals surface area (Å²) in [6, 6.07) is 0. The average molecular weight is 978 g/mol. The molecule has 61 heavy (non-hydrogen) atoms. The number of hydrogen-bond donors (Lipinski definition) is 3. The summed E-state index contributed by atoms with van der Waals surface area (Å²) in [6.45, 7) is 0. The summed E-state index contributed by atoms with van der Waals surface area (Å²) in [5.41, 5.74) is -0.114. The molecular weight excluding hydrogens is 893 g/mol. The Morgan fingerprint density at radius 3 is 1.30 bits per heavy atom. The molecular formula is C42H84O12Si7. The van der Waals surface area contributed by atoms with Crippen molar-refractivity contribution >= 4 is 62.6 Å². The first-order valence-corrected chi connectivity index (χ1v) is 38.2. The van der Waals surface area contributed by atoms with Crippen LogP contribution in [-0.4, -0.2) is 82.5 Å². The van der Waals surface area contributed by atoms with Gasteiger partial charge in [-0.3, -0.25) is 0 Å². The van der Waals surface area contributed by atoms with Crippen molar-refractivity contribution in [2.75, 3.05) is 0 Å². The minimum atomic E-state index is -4.30. The zero-order valence-electron chi connectivity index (χ0n) is 37.6.